The van der Waals surface area contributed by atoms with Crippen LogP contribution in [0.1, 0.15) is 15.9 Å². The Bertz CT molecular complexity index is 630. The highest BCUT2D eigenvalue weighted by Crippen LogP contribution is 2.24. The second-order valence-corrected chi connectivity index (χ2v) is 4.24. The van der Waals surface area contributed by atoms with E-state index in [-0.39, 0.29) is 5.91 Å². The smallest absolute Gasteiger partial charge is 0.271 e. The molecule has 0 aliphatic rings. The number of methoxy groups -OCH3 is 1. The summed E-state index contributed by atoms with van der Waals surface area (Å²) in [5.41, 5.74) is 3.67. The fourth-order valence-corrected chi connectivity index (χ4v) is 1.76. The van der Waals surface area contributed by atoms with Crippen molar-refractivity contribution in [1.29, 1.82) is 0 Å². The van der Waals surface area contributed by atoms with Gasteiger partial charge >= 0.3 is 0 Å². The van der Waals surface area contributed by atoms with E-state index >= 15 is 0 Å². The highest BCUT2D eigenvalue weighted by Gasteiger charge is 2.03. The van der Waals surface area contributed by atoms with Crippen LogP contribution in [0.2, 0.25) is 5.02 Å². The van der Waals surface area contributed by atoms with Crippen molar-refractivity contribution in [3.05, 3.63) is 58.9 Å². The maximum absolute atomic E-state index is 11.7. The van der Waals surface area contributed by atoms with Crippen molar-refractivity contribution in [2.24, 2.45) is 5.10 Å². The minimum absolute atomic E-state index is 0.303. The van der Waals surface area contributed by atoms with Crippen molar-refractivity contribution in [3.8, 4) is 5.75 Å². The second kappa shape index (κ2) is 6.68. The number of pyridine rings is 1. The van der Waals surface area contributed by atoms with E-state index in [4.69, 9.17) is 16.3 Å². The lowest BCUT2D eigenvalue weighted by Crippen LogP contribution is -2.17. The van der Waals surface area contributed by atoms with Crippen LogP contribution >= 0.6 is 11.6 Å². The summed E-state index contributed by atoms with van der Waals surface area (Å²) in [6.45, 7) is 0. The molecule has 0 aliphatic carbocycles. The van der Waals surface area contributed by atoms with E-state index in [9.17, 15) is 4.79 Å². The Labute approximate surface area is 121 Å². The lowest BCUT2D eigenvalue weighted by Gasteiger charge is -2.03. The van der Waals surface area contributed by atoms with Gasteiger partial charge in [-0.15, -0.1) is 0 Å². The average molecular weight is 290 g/mol. The number of benzene rings is 1. The van der Waals surface area contributed by atoms with Crippen LogP contribution in [0, 0.1) is 0 Å². The minimum Gasteiger partial charge on any atom is -0.495 e. The van der Waals surface area contributed by atoms with Gasteiger partial charge < -0.3 is 4.74 Å². The van der Waals surface area contributed by atoms with Gasteiger partial charge in [0, 0.05) is 18.0 Å². The van der Waals surface area contributed by atoms with Gasteiger partial charge in [-0.25, -0.2) is 5.43 Å². The topological polar surface area (TPSA) is 63.6 Å². The summed E-state index contributed by atoms with van der Waals surface area (Å²) in [4.78, 5) is 15.5. The quantitative estimate of drug-likeness (QED) is 0.695. The Morgan fingerprint density at radius 1 is 1.35 bits per heavy atom. The van der Waals surface area contributed by atoms with Crippen molar-refractivity contribution in [2.75, 3.05) is 7.11 Å². The molecular formula is C14H12ClN3O2. The first-order valence-corrected chi connectivity index (χ1v) is 6.15. The van der Waals surface area contributed by atoms with Gasteiger partial charge in [-0.2, -0.15) is 5.10 Å². The summed E-state index contributed by atoms with van der Waals surface area (Å²) < 4.78 is 5.05. The summed E-state index contributed by atoms with van der Waals surface area (Å²) in [5, 5.41) is 4.35. The largest absolute Gasteiger partial charge is 0.495 e. The Morgan fingerprint density at radius 2 is 2.10 bits per heavy atom. The van der Waals surface area contributed by atoms with Gasteiger partial charge in [-0.1, -0.05) is 11.6 Å². The molecule has 0 radical (unpaired) electrons. The number of rotatable bonds is 4. The molecule has 1 aromatic heterocycles. The van der Waals surface area contributed by atoms with E-state index in [2.05, 4.69) is 15.5 Å². The van der Waals surface area contributed by atoms with E-state index in [0.717, 1.165) is 5.56 Å². The zero-order valence-corrected chi connectivity index (χ0v) is 11.5. The van der Waals surface area contributed by atoms with Crippen molar-refractivity contribution in [3.63, 3.8) is 0 Å². The molecular weight excluding hydrogens is 278 g/mol. The maximum Gasteiger partial charge on any atom is 0.271 e. The number of aromatic nitrogens is 1. The third kappa shape index (κ3) is 3.55. The zero-order chi connectivity index (χ0) is 14.4. The molecule has 0 saturated heterocycles. The van der Waals surface area contributed by atoms with E-state index in [0.29, 0.717) is 16.3 Å². The molecule has 0 atom stereocenters. The van der Waals surface area contributed by atoms with E-state index in [1.807, 2.05) is 0 Å². The predicted octanol–water partition coefficient (Wildman–Crippen LogP) is 2.51. The molecule has 20 heavy (non-hydrogen) atoms. The Hall–Kier alpha value is -2.40. The van der Waals surface area contributed by atoms with Gasteiger partial charge in [0.15, 0.2) is 0 Å². The second-order valence-electron chi connectivity index (χ2n) is 3.83. The molecule has 2 aromatic rings. The molecule has 0 bridgehead atoms. The van der Waals surface area contributed by atoms with E-state index in [1.54, 1.807) is 49.8 Å². The van der Waals surface area contributed by atoms with Crippen LogP contribution in [0.5, 0.6) is 5.75 Å². The average Bonchev–Trinajstić information content (AvgIpc) is 2.48. The van der Waals surface area contributed by atoms with Crippen LogP contribution in [0.3, 0.4) is 0 Å². The molecule has 5 nitrogen and oxygen atoms in total. The number of hydrogen-bond acceptors (Lipinski definition) is 4. The summed E-state index contributed by atoms with van der Waals surface area (Å²) in [7, 11) is 1.55. The van der Waals surface area contributed by atoms with Gasteiger partial charge in [-0.3, -0.25) is 9.78 Å². The summed E-state index contributed by atoms with van der Waals surface area (Å²) in [6.07, 6.45) is 4.59. The number of hydrazone groups is 1. The van der Waals surface area contributed by atoms with Gasteiger partial charge in [0.1, 0.15) is 5.75 Å². The predicted molar refractivity (Wildman–Crippen MR) is 77.3 cm³/mol. The first-order chi connectivity index (χ1) is 9.70. The SMILES string of the molecule is COc1ccc(/C=N/NC(=O)c2ccncc2)cc1Cl. The van der Waals surface area contributed by atoms with Gasteiger partial charge in [0.05, 0.1) is 18.3 Å². The normalized spacial score (nSPS) is 10.5. The zero-order valence-electron chi connectivity index (χ0n) is 10.7. The van der Waals surface area contributed by atoms with Gasteiger partial charge in [0.2, 0.25) is 0 Å². The molecule has 2 rings (SSSR count). The number of carbonyl (C=O) groups is 1. The summed E-state index contributed by atoms with van der Waals surface area (Å²) in [6, 6.07) is 8.42. The van der Waals surface area contributed by atoms with Crippen molar-refractivity contribution < 1.29 is 9.53 Å². The number of ether oxygens (including phenoxy) is 1. The molecule has 1 heterocycles. The Kier molecular flexibility index (Phi) is 4.68. The molecule has 0 fully saturated rings. The molecule has 1 aromatic carbocycles. The molecule has 102 valence electrons. The number of amides is 1. The highest BCUT2D eigenvalue weighted by molar-refractivity contribution is 6.32. The first-order valence-electron chi connectivity index (χ1n) is 5.77. The highest BCUT2D eigenvalue weighted by atomic mass is 35.5. The molecule has 1 N–H and O–H groups in total. The fourth-order valence-electron chi connectivity index (χ4n) is 1.50. The van der Waals surface area contributed by atoms with Crippen molar-refractivity contribution >= 4 is 23.7 Å². The fraction of sp³-hybridized carbons (Fsp3) is 0.0714. The van der Waals surface area contributed by atoms with Crippen molar-refractivity contribution in [1.82, 2.24) is 10.4 Å². The van der Waals surface area contributed by atoms with Crippen LogP contribution in [-0.2, 0) is 0 Å². The van der Waals surface area contributed by atoms with Crippen LogP contribution in [0.4, 0.5) is 0 Å². The number of carbonyl (C=O) groups excluding carboxylic acids is 1. The summed E-state index contributed by atoms with van der Waals surface area (Å²) in [5.74, 6) is 0.285. The number of hydrogen-bond donors (Lipinski definition) is 1. The lowest BCUT2D eigenvalue weighted by molar-refractivity contribution is 0.0955. The molecule has 6 heteroatoms. The maximum atomic E-state index is 11.7. The monoisotopic (exact) mass is 289 g/mol. The van der Waals surface area contributed by atoms with E-state index in [1.165, 1.54) is 6.21 Å². The lowest BCUT2D eigenvalue weighted by atomic mass is 10.2. The third-order valence-electron chi connectivity index (χ3n) is 2.50. The van der Waals surface area contributed by atoms with Gasteiger partial charge in [-0.05, 0) is 35.9 Å². The number of nitrogens with zero attached hydrogens (tertiary/aromatic N) is 2. The van der Waals surface area contributed by atoms with Crippen LogP contribution in [0.15, 0.2) is 47.8 Å². The number of nitrogens with one attached hydrogen (secondary N) is 1. The van der Waals surface area contributed by atoms with Crippen LogP contribution < -0.4 is 10.2 Å². The third-order valence-corrected chi connectivity index (χ3v) is 2.79. The minimum atomic E-state index is -0.303. The van der Waals surface area contributed by atoms with Crippen molar-refractivity contribution in [2.45, 2.75) is 0 Å². The molecule has 0 saturated carbocycles. The molecule has 1 amide bonds. The Balaban J connectivity index is 2.00. The molecule has 0 unspecified atom stereocenters. The van der Waals surface area contributed by atoms with E-state index < -0.39 is 0 Å². The molecule has 0 aliphatic heterocycles. The summed E-state index contributed by atoms with van der Waals surface area (Å²) >= 11 is 5.99. The molecule has 0 spiro atoms. The number of halogens is 1. The van der Waals surface area contributed by atoms with Crippen LogP contribution in [-0.4, -0.2) is 24.2 Å². The first kappa shape index (κ1) is 14.0. The van der Waals surface area contributed by atoms with Crippen LogP contribution in [0.25, 0.3) is 0 Å². The standard InChI is InChI=1S/C14H12ClN3O2/c1-20-13-3-2-10(8-12(13)15)9-17-18-14(19)11-4-6-16-7-5-11/h2-9H,1H3,(H,18,19)/b17-9+. The Morgan fingerprint density at radius 3 is 2.75 bits per heavy atom. The van der Waals surface area contributed by atoms with Gasteiger partial charge in [0.25, 0.3) is 5.91 Å².